The van der Waals surface area contributed by atoms with Gasteiger partial charge in [-0.3, -0.25) is 9.59 Å². The molecule has 0 aliphatic rings. The van der Waals surface area contributed by atoms with Gasteiger partial charge in [-0.15, -0.1) is 11.3 Å². The van der Waals surface area contributed by atoms with Gasteiger partial charge in [0.15, 0.2) is 10.8 Å². The van der Waals surface area contributed by atoms with E-state index in [0.717, 1.165) is 0 Å². The number of anilines is 1. The zero-order valence-electron chi connectivity index (χ0n) is 13.2. The number of nitrogens with zero attached hydrogens (tertiary/aromatic N) is 2. The van der Waals surface area contributed by atoms with Gasteiger partial charge in [-0.25, -0.2) is 4.98 Å². The van der Waals surface area contributed by atoms with Crippen LogP contribution in [-0.4, -0.2) is 35.3 Å². The number of thiazole rings is 1. The van der Waals surface area contributed by atoms with E-state index in [1.165, 1.54) is 16.2 Å². The average Bonchev–Trinajstić information content (AvgIpc) is 3.27. The van der Waals surface area contributed by atoms with E-state index in [4.69, 9.17) is 16.0 Å². The van der Waals surface area contributed by atoms with E-state index in [1.54, 1.807) is 55.1 Å². The van der Waals surface area contributed by atoms with E-state index in [0.29, 0.717) is 21.5 Å². The van der Waals surface area contributed by atoms with Crippen LogP contribution in [0.5, 0.6) is 0 Å². The molecule has 1 N–H and O–H groups in total. The van der Waals surface area contributed by atoms with Crippen molar-refractivity contribution in [1.82, 2.24) is 9.88 Å². The zero-order chi connectivity index (χ0) is 17.8. The molecule has 3 aromatic rings. The third-order valence-electron chi connectivity index (χ3n) is 3.33. The van der Waals surface area contributed by atoms with Crippen LogP contribution in [0.3, 0.4) is 0 Å². The fourth-order valence-electron chi connectivity index (χ4n) is 2.12. The lowest BCUT2D eigenvalue weighted by molar-refractivity contribution is -0.116. The summed E-state index contributed by atoms with van der Waals surface area (Å²) in [5.41, 5.74) is 0.772. The topological polar surface area (TPSA) is 75.4 Å². The molecule has 2 amide bonds. The van der Waals surface area contributed by atoms with E-state index >= 15 is 0 Å². The fraction of sp³-hybridized carbons (Fsp3) is 0.118. The number of hydrogen-bond donors (Lipinski definition) is 1. The zero-order valence-corrected chi connectivity index (χ0v) is 14.8. The van der Waals surface area contributed by atoms with E-state index < -0.39 is 0 Å². The van der Waals surface area contributed by atoms with Crippen LogP contribution < -0.4 is 5.32 Å². The van der Waals surface area contributed by atoms with Gasteiger partial charge < -0.3 is 14.6 Å². The normalized spacial score (nSPS) is 10.5. The summed E-state index contributed by atoms with van der Waals surface area (Å²) < 4.78 is 5.26. The quantitative estimate of drug-likeness (QED) is 0.736. The molecule has 0 aliphatic heterocycles. The third kappa shape index (κ3) is 4.07. The lowest BCUT2D eigenvalue weighted by Crippen LogP contribution is -2.35. The molecule has 1 aromatic carbocycles. The van der Waals surface area contributed by atoms with Gasteiger partial charge in [0.2, 0.25) is 5.91 Å². The van der Waals surface area contributed by atoms with Gasteiger partial charge in [0.05, 0.1) is 23.5 Å². The van der Waals surface area contributed by atoms with Crippen molar-refractivity contribution in [1.29, 1.82) is 0 Å². The van der Waals surface area contributed by atoms with Crippen LogP contribution in [0, 0.1) is 0 Å². The maximum atomic E-state index is 12.4. The average molecular weight is 376 g/mol. The molecule has 8 heteroatoms. The van der Waals surface area contributed by atoms with Gasteiger partial charge in [0.1, 0.15) is 5.69 Å². The number of amides is 2. The molecule has 0 saturated heterocycles. The third-order valence-corrected chi connectivity index (χ3v) is 4.52. The number of hydrogen-bond acceptors (Lipinski definition) is 5. The number of benzene rings is 1. The van der Waals surface area contributed by atoms with Crippen molar-refractivity contribution >= 4 is 40.4 Å². The Morgan fingerprint density at radius 2 is 2.08 bits per heavy atom. The lowest BCUT2D eigenvalue weighted by Gasteiger charge is -2.16. The standard InChI is InChI=1S/C17H14ClN3O3S/c1-21(9-15(22)19-12-6-3-2-5-11(12)18)17(23)13-10-25-16(20-13)14-7-4-8-24-14/h2-8,10H,9H2,1H3,(H,19,22). The molecule has 2 heterocycles. The van der Waals surface area contributed by atoms with Crippen molar-refractivity contribution in [2.24, 2.45) is 0 Å². The molecule has 25 heavy (non-hydrogen) atoms. The van der Waals surface area contributed by atoms with Crippen molar-refractivity contribution in [3.05, 3.63) is 58.8 Å². The van der Waals surface area contributed by atoms with Gasteiger partial charge in [0, 0.05) is 12.4 Å². The van der Waals surface area contributed by atoms with Gasteiger partial charge in [-0.05, 0) is 24.3 Å². The van der Waals surface area contributed by atoms with Crippen molar-refractivity contribution in [3.63, 3.8) is 0 Å². The van der Waals surface area contributed by atoms with Crippen LogP contribution in [0.4, 0.5) is 5.69 Å². The van der Waals surface area contributed by atoms with Crippen LogP contribution in [0.1, 0.15) is 10.5 Å². The highest BCUT2D eigenvalue weighted by Gasteiger charge is 2.19. The molecule has 3 rings (SSSR count). The number of rotatable bonds is 5. The molecule has 6 nitrogen and oxygen atoms in total. The summed E-state index contributed by atoms with van der Waals surface area (Å²) in [4.78, 5) is 30.1. The molecule has 0 saturated carbocycles. The second-order valence-electron chi connectivity index (χ2n) is 5.20. The molecule has 0 fully saturated rings. The largest absolute Gasteiger partial charge is 0.462 e. The molecule has 0 radical (unpaired) electrons. The van der Waals surface area contributed by atoms with Crippen LogP contribution in [0.25, 0.3) is 10.8 Å². The second kappa shape index (κ2) is 7.50. The van der Waals surface area contributed by atoms with Crippen LogP contribution in [0.2, 0.25) is 5.02 Å². The van der Waals surface area contributed by atoms with Crippen molar-refractivity contribution in [3.8, 4) is 10.8 Å². The Hall–Kier alpha value is -2.64. The summed E-state index contributed by atoms with van der Waals surface area (Å²) in [5.74, 6) is -0.0861. The molecule has 0 aliphatic carbocycles. The molecular formula is C17H14ClN3O3S. The summed E-state index contributed by atoms with van der Waals surface area (Å²) in [6.45, 7) is -0.113. The Labute approximate surface area is 153 Å². The summed E-state index contributed by atoms with van der Waals surface area (Å²) >= 11 is 7.31. The Bertz CT molecular complexity index is 892. The van der Waals surface area contributed by atoms with Crippen molar-refractivity contribution in [2.45, 2.75) is 0 Å². The SMILES string of the molecule is CN(CC(=O)Nc1ccccc1Cl)C(=O)c1csc(-c2ccco2)n1. The number of aromatic nitrogens is 1. The molecule has 2 aromatic heterocycles. The Morgan fingerprint density at radius 1 is 1.28 bits per heavy atom. The predicted octanol–water partition coefficient (Wildman–Crippen LogP) is 3.77. The van der Waals surface area contributed by atoms with Gasteiger partial charge in [-0.1, -0.05) is 23.7 Å². The predicted molar refractivity (Wildman–Crippen MR) is 96.9 cm³/mol. The molecule has 0 unspecified atom stereocenters. The van der Waals surface area contributed by atoms with Crippen LogP contribution in [-0.2, 0) is 4.79 Å². The van der Waals surface area contributed by atoms with E-state index in [-0.39, 0.29) is 24.1 Å². The van der Waals surface area contributed by atoms with E-state index in [9.17, 15) is 9.59 Å². The number of halogens is 1. The number of para-hydroxylation sites is 1. The first-order valence-corrected chi connectivity index (χ1v) is 8.59. The molecule has 0 bridgehead atoms. The first-order chi connectivity index (χ1) is 12.0. The van der Waals surface area contributed by atoms with E-state index in [2.05, 4.69) is 10.3 Å². The highest BCUT2D eigenvalue weighted by molar-refractivity contribution is 7.13. The summed E-state index contributed by atoms with van der Waals surface area (Å²) in [5, 5.41) is 5.37. The smallest absolute Gasteiger partial charge is 0.273 e. The number of furan rings is 1. The van der Waals surface area contributed by atoms with Gasteiger partial charge in [0.25, 0.3) is 5.91 Å². The molecule has 0 atom stereocenters. The first kappa shape index (κ1) is 17.2. The Kier molecular flexibility index (Phi) is 5.16. The van der Waals surface area contributed by atoms with Crippen molar-refractivity contribution in [2.75, 3.05) is 18.9 Å². The number of carbonyl (C=O) groups is 2. The van der Waals surface area contributed by atoms with Gasteiger partial charge in [-0.2, -0.15) is 0 Å². The maximum Gasteiger partial charge on any atom is 0.273 e. The van der Waals surface area contributed by atoms with Gasteiger partial charge >= 0.3 is 0 Å². The van der Waals surface area contributed by atoms with Crippen molar-refractivity contribution < 1.29 is 14.0 Å². The first-order valence-electron chi connectivity index (χ1n) is 7.34. The summed E-state index contributed by atoms with van der Waals surface area (Å²) in [7, 11) is 1.54. The summed E-state index contributed by atoms with van der Waals surface area (Å²) in [6, 6.07) is 10.4. The summed E-state index contributed by atoms with van der Waals surface area (Å²) in [6.07, 6.45) is 1.55. The fourth-order valence-corrected chi connectivity index (χ4v) is 3.06. The van der Waals surface area contributed by atoms with Crippen LogP contribution in [0.15, 0.2) is 52.5 Å². The highest BCUT2D eigenvalue weighted by atomic mass is 35.5. The molecular weight excluding hydrogens is 362 g/mol. The monoisotopic (exact) mass is 375 g/mol. The maximum absolute atomic E-state index is 12.4. The molecule has 0 spiro atoms. The Morgan fingerprint density at radius 3 is 2.80 bits per heavy atom. The van der Waals surface area contributed by atoms with E-state index in [1.807, 2.05) is 0 Å². The second-order valence-corrected chi connectivity index (χ2v) is 6.47. The lowest BCUT2D eigenvalue weighted by atomic mass is 10.3. The Balaban J connectivity index is 1.63. The molecule has 128 valence electrons. The number of nitrogens with one attached hydrogen (secondary N) is 1. The number of likely N-dealkylation sites (N-methyl/N-ethyl adjacent to an activating group) is 1. The highest BCUT2D eigenvalue weighted by Crippen LogP contribution is 2.24. The minimum atomic E-state index is -0.344. The number of carbonyl (C=O) groups excluding carboxylic acids is 2. The van der Waals surface area contributed by atoms with Crippen LogP contribution >= 0.6 is 22.9 Å². The minimum absolute atomic E-state index is 0.113. The minimum Gasteiger partial charge on any atom is -0.462 e.